The van der Waals surface area contributed by atoms with Gasteiger partial charge in [0.2, 0.25) is 5.91 Å². The van der Waals surface area contributed by atoms with Crippen molar-refractivity contribution in [3.63, 3.8) is 0 Å². The van der Waals surface area contributed by atoms with Crippen LogP contribution in [0.5, 0.6) is 17.2 Å². The van der Waals surface area contributed by atoms with Crippen molar-refractivity contribution >= 4 is 5.91 Å². The zero-order chi connectivity index (χ0) is 14.5. The largest absolute Gasteiger partial charge is 0.493 e. The zero-order valence-corrected chi connectivity index (χ0v) is 11.0. The molecule has 0 aliphatic heterocycles. The monoisotopic (exact) mass is 273 g/mol. The van der Waals surface area contributed by atoms with Gasteiger partial charge < -0.3 is 20.3 Å². The number of benzene rings is 2. The lowest BCUT2D eigenvalue weighted by molar-refractivity contribution is 0.100. The maximum Gasteiger partial charge on any atom is 0.248 e. The second-order valence-electron chi connectivity index (χ2n) is 4.13. The maximum atomic E-state index is 11.0. The molecule has 0 saturated carbocycles. The second-order valence-corrected chi connectivity index (χ2v) is 4.13. The van der Waals surface area contributed by atoms with E-state index in [1.54, 1.807) is 42.5 Å². The summed E-state index contributed by atoms with van der Waals surface area (Å²) in [6, 6.07) is 11.6. The van der Waals surface area contributed by atoms with Crippen LogP contribution in [0.15, 0.2) is 42.5 Å². The third-order valence-electron chi connectivity index (χ3n) is 2.78. The molecular formula is C15H15NO4. The summed E-state index contributed by atoms with van der Waals surface area (Å²) >= 11 is 0. The van der Waals surface area contributed by atoms with Crippen molar-refractivity contribution in [1.29, 1.82) is 0 Å². The van der Waals surface area contributed by atoms with Crippen molar-refractivity contribution in [3.05, 3.63) is 53.6 Å². The summed E-state index contributed by atoms with van der Waals surface area (Å²) in [5, 5.41) is 9.08. The Kier molecular flexibility index (Phi) is 4.22. The number of aliphatic hydroxyl groups excluding tert-OH is 1. The Hall–Kier alpha value is -2.53. The van der Waals surface area contributed by atoms with Crippen LogP contribution in [0.4, 0.5) is 0 Å². The fraction of sp³-hybridized carbons (Fsp3) is 0.133. The third kappa shape index (κ3) is 3.07. The SMILES string of the molecule is COc1cc(CO)ccc1Oc1ccc(C(N)=O)cc1. The molecule has 0 bridgehead atoms. The van der Waals surface area contributed by atoms with Crippen molar-refractivity contribution in [3.8, 4) is 17.2 Å². The molecule has 104 valence electrons. The maximum absolute atomic E-state index is 11.0. The van der Waals surface area contributed by atoms with Gasteiger partial charge in [0.1, 0.15) is 5.75 Å². The van der Waals surface area contributed by atoms with Crippen LogP contribution in [-0.2, 0) is 6.61 Å². The first kappa shape index (κ1) is 13.9. The number of carbonyl (C=O) groups is 1. The minimum Gasteiger partial charge on any atom is -0.493 e. The Morgan fingerprint density at radius 3 is 2.40 bits per heavy atom. The van der Waals surface area contributed by atoms with Crippen molar-refractivity contribution < 1.29 is 19.4 Å². The predicted molar refractivity (Wildman–Crippen MR) is 74.0 cm³/mol. The molecule has 0 fully saturated rings. The molecule has 0 atom stereocenters. The molecule has 2 rings (SSSR count). The Balaban J connectivity index is 2.23. The van der Waals surface area contributed by atoms with E-state index in [2.05, 4.69) is 0 Å². The number of aliphatic hydroxyl groups is 1. The van der Waals surface area contributed by atoms with Crippen molar-refractivity contribution in [2.24, 2.45) is 5.73 Å². The van der Waals surface area contributed by atoms with Gasteiger partial charge in [-0.15, -0.1) is 0 Å². The summed E-state index contributed by atoms with van der Waals surface area (Å²) in [7, 11) is 1.53. The van der Waals surface area contributed by atoms with Gasteiger partial charge in [-0.25, -0.2) is 0 Å². The normalized spacial score (nSPS) is 10.1. The molecule has 0 radical (unpaired) electrons. The number of methoxy groups -OCH3 is 1. The molecule has 0 aromatic heterocycles. The van der Waals surface area contributed by atoms with Gasteiger partial charge in [0, 0.05) is 5.56 Å². The first-order chi connectivity index (χ1) is 9.63. The van der Waals surface area contributed by atoms with E-state index in [4.69, 9.17) is 20.3 Å². The fourth-order valence-electron chi connectivity index (χ4n) is 1.71. The topological polar surface area (TPSA) is 81.8 Å². The molecular weight excluding hydrogens is 258 g/mol. The molecule has 0 heterocycles. The lowest BCUT2D eigenvalue weighted by Crippen LogP contribution is -2.10. The summed E-state index contributed by atoms with van der Waals surface area (Å²) in [4.78, 5) is 11.0. The number of rotatable bonds is 5. The van der Waals surface area contributed by atoms with E-state index >= 15 is 0 Å². The molecule has 5 nitrogen and oxygen atoms in total. The summed E-state index contributed by atoms with van der Waals surface area (Å²) < 4.78 is 10.9. The standard InChI is InChI=1S/C15H15NO4/c1-19-14-8-10(9-17)2-7-13(14)20-12-5-3-11(4-6-12)15(16)18/h2-8,17H,9H2,1H3,(H2,16,18). The molecule has 3 N–H and O–H groups in total. The minimum absolute atomic E-state index is 0.0655. The highest BCUT2D eigenvalue weighted by atomic mass is 16.5. The van der Waals surface area contributed by atoms with E-state index in [0.29, 0.717) is 22.8 Å². The van der Waals surface area contributed by atoms with E-state index < -0.39 is 5.91 Å². The second kappa shape index (κ2) is 6.08. The zero-order valence-electron chi connectivity index (χ0n) is 11.0. The number of nitrogens with two attached hydrogens (primary N) is 1. The Labute approximate surface area is 116 Å². The van der Waals surface area contributed by atoms with Crippen molar-refractivity contribution in [2.45, 2.75) is 6.61 Å². The average molecular weight is 273 g/mol. The van der Waals surface area contributed by atoms with E-state index in [0.717, 1.165) is 5.56 Å². The number of ether oxygens (including phenoxy) is 2. The number of carbonyl (C=O) groups excluding carboxylic acids is 1. The van der Waals surface area contributed by atoms with E-state index in [9.17, 15) is 4.79 Å². The van der Waals surface area contributed by atoms with Gasteiger partial charge in [-0.3, -0.25) is 4.79 Å². The molecule has 5 heteroatoms. The van der Waals surface area contributed by atoms with Gasteiger partial charge in [-0.1, -0.05) is 6.07 Å². The lowest BCUT2D eigenvalue weighted by Gasteiger charge is -2.11. The average Bonchev–Trinajstić information content (AvgIpc) is 2.48. The highest BCUT2D eigenvalue weighted by Crippen LogP contribution is 2.32. The molecule has 2 aromatic carbocycles. The summed E-state index contributed by atoms with van der Waals surface area (Å²) in [6.45, 7) is -0.0655. The van der Waals surface area contributed by atoms with Gasteiger partial charge in [-0.2, -0.15) is 0 Å². The number of primary amides is 1. The Morgan fingerprint density at radius 2 is 1.85 bits per heavy atom. The van der Waals surface area contributed by atoms with E-state index in [1.165, 1.54) is 7.11 Å². The Bertz CT molecular complexity index is 608. The highest BCUT2D eigenvalue weighted by Gasteiger charge is 2.07. The molecule has 0 saturated heterocycles. The van der Waals surface area contributed by atoms with Crippen molar-refractivity contribution in [2.75, 3.05) is 7.11 Å². The van der Waals surface area contributed by atoms with E-state index in [1.807, 2.05) is 0 Å². The van der Waals surface area contributed by atoms with Gasteiger partial charge in [0.25, 0.3) is 0 Å². The molecule has 1 amide bonds. The van der Waals surface area contributed by atoms with Gasteiger partial charge >= 0.3 is 0 Å². The summed E-state index contributed by atoms with van der Waals surface area (Å²) in [5.41, 5.74) is 6.32. The Morgan fingerprint density at radius 1 is 1.15 bits per heavy atom. The summed E-state index contributed by atoms with van der Waals surface area (Å²) in [5.74, 6) is 1.12. The minimum atomic E-state index is -0.485. The van der Waals surface area contributed by atoms with Crippen molar-refractivity contribution in [1.82, 2.24) is 0 Å². The number of hydrogen-bond acceptors (Lipinski definition) is 4. The predicted octanol–water partition coefficient (Wildman–Crippen LogP) is 2.08. The first-order valence-electron chi connectivity index (χ1n) is 5.99. The molecule has 2 aromatic rings. The van der Waals surface area contributed by atoms with Crippen LogP contribution in [0.1, 0.15) is 15.9 Å². The molecule has 0 spiro atoms. The molecule has 0 unspecified atom stereocenters. The summed E-state index contributed by atoms with van der Waals surface area (Å²) in [6.07, 6.45) is 0. The first-order valence-corrected chi connectivity index (χ1v) is 5.99. The number of hydrogen-bond donors (Lipinski definition) is 2. The van der Waals surface area contributed by atoms with Gasteiger partial charge in [-0.05, 0) is 42.0 Å². The van der Waals surface area contributed by atoms with Gasteiger partial charge in [0.05, 0.1) is 13.7 Å². The van der Waals surface area contributed by atoms with Crippen LogP contribution < -0.4 is 15.2 Å². The van der Waals surface area contributed by atoms with Crippen LogP contribution in [0.25, 0.3) is 0 Å². The molecule has 0 aliphatic rings. The number of amides is 1. The molecule has 20 heavy (non-hydrogen) atoms. The van der Waals surface area contributed by atoms with Gasteiger partial charge in [0.15, 0.2) is 11.5 Å². The molecule has 0 aliphatic carbocycles. The van der Waals surface area contributed by atoms with E-state index in [-0.39, 0.29) is 6.61 Å². The van der Waals surface area contributed by atoms with Crippen LogP contribution in [0.3, 0.4) is 0 Å². The van der Waals surface area contributed by atoms with Crippen LogP contribution >= 0.6 is 0 Å². The van der Waals surface area contributed by atoms with Crippen LogP contribution in [-0.4, -0.2) is 18.1 Å². The van der Waals surface area contributed by atoms with Crippen LogP contribution in [0.2, 0.25) is 0 Å². The lowest BCUT2D eigenvalue weighted by atomic mass is 10.2. The third-order valence-corrected chi connectivity index (χ3v) is 2.78. The smallest absolute Gasteiger partial charge is 0.248 e. The highest BCUT2D eigenvalue weighted by molar-refractivity contribution is 5.92. The fourth-order valence-corrected chi connectivity index (χ4v) is 1.71. The quantitative estimate of drug-likeness (QED) is 0.873. The van der Waals surface area contributed by atoms with Crippen LogP contribution in [0, 0.1) is 0 Å².